The number of anilines is 1. The third-order valence-electron chi connectivity index (χ3n) is 3.87. The molecule has 0 aliphatic heterocycles. The maximum absolute atomic E-state index is 13.6. The number of aromatic nitrogens is 3. The standard InChI is InChI=1S/C18H19FN4O2S/c1-4-23-16(15-6-5-9-25-15)21-22-18(23)26-12(3)17(24)20-13-8-7-11(2)14(19)10-13/h5-10,12H,4H2,1-3H3,(H,20,24). The van der Waals surface area contributed by atoms with Crippen LogP contribution in [-0.2, 0) is 11.3 Å². The molecule has 1 aromatic carbocycles. The lowest BCUT2D eigenvalue weighted by molar-refractivity contribution is -0.115. The Morgan fingerprint density at radius 2 is 2.19 bits per heavy atom. The van der Waals surface area contributed by atoms with E-state index < -0.39 is 5.25 Å². The van der Waals surface area contributed by atoms with Gasteiger partial charge in [-0.25, -0.2) is 4.39 Å². The van der Waals surface area contributed by atoms with Gasteiger partial charge in [0.25, 0.3) is 0 Å². The number of halogens is 1. The van der Waals surface area contributed by atoms with Crippen molar-refractivity contribution in [1.82, 2.24) is 14.8 Å². The fourth-order valence-electron chi connectivity index (χ4n) is 2.38. The second kappa shape index (κ2) is 7.74. The summed E-state index contributed by atoms with van der Waals surface area (Å²) in [6.07, 6.45) is 1.58. The van der Waals surface area contributed by atoms with Crippen molar-refractivity contribution in [3.05, 3.63) is 48.0 Å². The summed E-state index contributed by atoms with van der Waals surface area (Å²) in [4.78, 5) is 12.4. The highest BCUT2D eigenvalue weighted by Gasteiger charge is 2.21. The molecular weight excluding hydrogens is 355 g/mol. The van der Waals surface area contributed by atoms with Crippen LogP contribution in [0.3, 0.4) is 0 Å². The molecule has 0 fully saturated rings. The molecule has 0 saturated heterocycles. The molecule has 2 heterocycles. The molecule has 0 saturated carbocycles. The van der Waals surface area contributed by atoms with Gasteiger partial charge in [-0.15, -0.1) is 10.2 Å². The SMILES string of the molecule is CCn1c(SC(C)C(=O)Nc2ccc(C)c(F)c2)nnc1-c1ccco1. The Kier molecular flexibility index (Phi) is 5.41. The lowest BCUT2D eigenvalue weighted by Crippen LogP contribution is -2.23. The van der Waals surface area contributed by atoms with E-state index in [2.05, 4.69) is 15.5 Å². The zero-order valence-corrected chi connectivity index (χ0v) is 15.5. The number of carbonyl (C=O) groups excluding carboxylic acids is 1. The first kappa shape index (κ1) is 18.2. The molecule has 0 aliphatic carbocycles. The van der Waals surface area contributed by atoms with Crippen LogP contribution in [0.5, 0.6) is 0 Å². The van der Waals surface area contributed by atoms with E-state index in [1.165, 1.54) is 17.8 Å². The number of rotatable bonds is 6. The van der Waals surface area contributed by atoms with Crippen LogP contribution in [0, 0.1) is 12.7 Å². The first-order chi connectivity index (χ1) is 12.5. The lowest BCUT2D eigenvalue weighted by Gasteiger charge is -2.13. The van der Waals surface area contributed by atoms with Crippen molar-refractivity contribution >= 4 is 23.4 Å². The molecule has 0 spiro atoms. The van der Waals surface area contributed by atoms with Crippen molar-refractivity contribution in [3.63, 3.8) is 0 Å². The topological polar surface area (TPSA) is 73.0 Å². The van der Waals surface area contributed by atoms with E-state index in [4.69, 9.17) is 4.42 Å². The van der Waals surface area contributed by atoms with Crippen LogP contribution < -0.4 is 5.32 Å². The first-order valence-electron chi connectivity index (χ1n) is 8.20. The van der Waals surface area contributed by atoms with Gasteiger partial charge in [0.05, 0.1) is 11.5 Å². The van der Waals surface area contributed by atoms with E-state index in [0.29, 0.717) is 34.5 Å². The Labute approximate surface area is 154 Å². The number of nitrogens with one attached hydrogen (secondary N) is 1. The van der Waals surface area contributed by atoms with Gasteiger partial charge < -0.3 is 9.73 Å². The monoisotopic (exact) mass is 374 g/mol. The van der Waals surface area contributed by atoms with Crippen LogP contribution in [0.4, 0.5) is 10.1 Å². The van der Waals surface area contributed by atoms with Crippen molar-refractivity contribution < 1.29 is 13.6 Å². The number of hydrogen-bond donors (Lipinski definition) is 1. The van der Waals surface area contributed by atoms with Crippen molar-refractivity contribution in [1.29, 1.82) is 0 Å². The van der Waals surface area contributed by atoms with Crippen molar-refractivity contribution in [2.75, 3.05) is 5.32 Å². The summed E-state index contributed by atoms with van der Waals surface area (Å²) < 4.78 is 20.9. The summed E-state index contributed by atoms with van der Waals surface area (Å²) in [5.74, 6) is 0.659. The molecule has 1 N–H and O–H groups in total. The minimum Gasteiger partial charge on any atom is -0.461 e. The molecule has 2 aromatic heterocycles. The van der Waals surface area contributed by atoms with Gasteiger partial charge >= 0.3 is 0 Å². The Morgan fingerprint density at radius 1 is 1.38 bits per heavy atom. The predicted octanol–water partition coefficient (Wildman–Crippen LogP) is 4.12. The number of furan rings is 1. The van der Waals surface area contributed by atoms with E-state index in [1.807, 2.05) is 17.6 Å². The van der Waals surface area contributed by atoms with E-state index in [9.17, 15) is 9.18 Å². The zero-order chi connectivity index (χ0) is 18.7. The summed E-state index contributed by atoms with van der Waals surface area (Å²) in [7, 11) is 0. The Balaban J connectivity index is 1.72. The molecule has 0 bridgehead atoms. The molecule has 1 atom stereocenters. The van der Waals surface area contributed by atoms with Crippen molar-refractivity contribution in [2.24, 2.45) is 0 Å². The summed E-state index contributed by atoms with van der Waals surface area (Å²) in [6, 6.07) is 8.22. The Hall–Kier alpha value is -2.61. The van der Waals surface area contributed by atoms with Crippen LogP contribution in [0.25, 0.3) is 11.6 Å². The van der Waals surface area contributed by atoms with Gasteiger partial charge in [0.15, 0.2) is 16.7 Å². The molecule has 3 aromatic rings. The molecule has 8 heteroatoms. The van der Waals surface area contributed by atoms with Gasteiger partial charge in [0.2, 0.25) is 5.91 Å². The fourth-order valence-corrected chi connectivity index (χ4v) is 3.29. The summed E-state index contributed by atoms with van der Waals surface area (Å²) in [5.41, 5.74) is 0.964. The van der Waals surface area contributed by atoms with Crippen LogP contribution in [-0.4, -0.2) is 25.9 Å². The van der Waals surface area contributed by atoms with Gasteiger partial charge in [0.1, 0.15) is 5.82 Å². The highest BCUT2D eigenvalue weighted by Crippen LogP contribution is 2.27. The van der Waals surface area contributed by atoms with Crippen LogP contribution in [0.1, 0.15) is 19.4 Å². The van der Waals surface area contributed by atoms with Gasteiger partial charge in [-0.05, 0) is 50.6 Å². The highest BCUT2D eigenvalue weighted by molar-refractivity contribution is 8.00. The van der Waals surface area contributed by atoms with Crippen LogP contribution in [0.2, 0.25) is 0 Å². The third-order valence-corrected chi connectivity index (χ3v) is 4.95. The van der Waals surface area contributed by atoms with Gasteiger partial charge in [-0.3, -0.25) is 9.36 Å². The molecule has 1 amide bonds. The molecule has 0 radical (unpaired) electrons. The number of aryl methyl sites for hydroxylation is 1. The molecule has 6 nitrogen and oxygen atoms in total. The third kappa shape index (κ3) is 3.80. The summed E-state index contributed by atoms with van der Waals surface area (Å²) >= 11 is 1.29. The van der Waals surface area contributed by atoms with Crippen molar-refractivity contribution in [3.8, 4) is 11.6 Å². The van der Waals surface area contributed by atoms with Gasteiger partial charge in [-0.2, -0.15) is 0 Å². The number of hydrogen-bond acceptors (Lipinski definition) is 5. The van der Waals surface area contributed by atoms with Crippen LogP contribution >= 0.6 is 11.8 Å². The quantitative estimate of drug-likeness (QED) is 0.657. The zero-order valence-electron chi connectivity index (χ0n) is 14.7. The second-order valence-corrected chi connectivity index (χ2v) is 7.05. The van der Waals surface area contributed by atoms with Gasteiger partial charge in [-0.1, -0.05) is 17.8 Å². The van der Waals surface area contributed by atoms with E-state index in [0.717, 1.165) is 0 Å². The molecule has 0 aliphatic rings. The fraction of sp³-hybridized carbons (Fsp3) is 0.278. The average molecular weight is 374 g/mol. The Morgan fingerprint density at radius 3 is 2.85 bits per heavy atom. The van der Waals surface area contributed by atoms with E-state index in [-0.39, 0.29) is 11.7 Å². The minimum absolute atomic E-state index is 0.233. The second-order valence-electron chi connectivity index (χ2n) is 5.74. The minimum atomic E-state index is -0.432. The molecular formula is C18H19FN4O2S. The van der Waals surface area contributed by atoms with E-state index in [1.54, 1.807) is 38.3 Å². The molecule has 136 valence electrons. The maximum Gasteiger partial charge on any atom is 0.237 e. The number of carbonyl (C=O) groups is 1. The van der Waals surface area contributed by atoms with Crippen molar-refractivity contribution in [2.45, 2.75) is 37.7 Å². The summed E-state index contributed by atoms with van der Waals surface area (Å²) in [6.45, 7) is 6.06. The number of amides is 1. The molecule has 26 heavy (non-hydrogen) atoms. The normalized spacial score (nSPS) is 12.2. The summed E-state index contributed by atoms with van der Waals surface area (Å²) in [5, 5.41) is 11.3. The molecule has 1 unspecified atom stereocenters. The largest absolute Gasteiger partial charge is 0.461 e. The number of thioether (sulfide) groups is 1. The Bertz CT molecular complexity index is 908. The number of benzene rings is 1. The first-order valence-corrected chi connectivity index (χ1v) is 9.08. The predicted molar refractivity (Wildman–Crippen MR) is 98.5 cm³/mol. The van der Waals surface area contributed by atoms with E-state index >= 15 is 0 Å². The maximum atomic E-state index is 13.6. The smallest absolute Gasteiger partial charge is 0.237 e. The van der Waals surface area contributed by atoms with Gasteiger partial charge in [0, 0.05) is 12.2 Å². The van der Waals surface area contributed by atoms with Crippen LogP contribution in [0.15, 0.2) is 46.2 Å². The molecule has 3 rings (SSSR count). The lowest BCUT2D eigenvalue weighted by atomic mass is 10.2. The highest BCUT2D eigenvalue weighted by atomic mass is 32.2. The average Bonchev–Trinajstić information content (AvgIpc) is 3.27. The number of nitrogens with zero attached hydrogens (tertiary/aromatic N) is 3.